The van der Waals surface area contributed by atoms with Gasteiger partial charge in [0.25, 0.3) is 5.91 Å². The van der Waals surface area contributed by atoms with Gasteiger partial charge in [0.2, 0.25) is 5.78 Å². The Morgan fingerprint density at radius 1 is 1.11 bits per heavy atom. The number of benzene rings is 1. The first-order chi connectivity index (χ1) is 13.0. The van der Waals surface area contributed by atoms with Crippen molar-refractivity contribution >= 4 is 23.0 Å². The number of amides is 1. The molecule has 140 valence electrons. The van der Waals surface area contributed by atoms with Crippen molar-refractivity contribution in [2.45, 2.75) is 26.3 Å². The van der Waals surface area contributed by atoms with Crippen molar-refractivity contribution in [2.75, 3.05) is 6.61 Å². The molecule has 0 aliphatic rings. The van der Waals surface area contributed by atoms with Gasteiger partial charge >= 0.3 is 0 Å². The molecule has 1 aromatic carbocycles. The number of carbonyl (C=O) groups excluding carboxylic acids is 2. The number of hydrogen-bond acceptors (Lipinski definition) is 5. The number of thiophene rings is 1. The van der Waals surface area contributed by atoms with E-state index in [0.717, 1.165) is 4.88 Å². The van der Waals surface area contributed by atoms with Gasteiger partial charge in [-0.3, -0.25) is 9.59 Å². The Kier molecular flexibility index (Phi) is 6.08. The molecule has 2 aromatic heterocycles. The molecule has 0 atom stereocenters. The van der Waals surface area contributed by atoms with E-state index in [-0.39, 0.29) is 18.3 Å². The molecule has 5 nitrogen and oxygen atoms in total. The van der Waals surface area contributed by atoms with Gasteiger partial charge in [-0.2, -0.15) is 0 Å². The second kappa shape index (κ2) is 8.68. The van der Waals surface area contributed by atoms with Crippen molar-refractivity contribution in [2.24, 2.45) is 0 Å². The van der Waals surface area contributed by atoms with Gasteiger partial charge in [-0.05, 0) is 47.9 Å². The van der Waals surface area contributed by atoms with Crippen LogP contribution in [0.2, 0.25) is 0 Å². The Bertz CT molecular complexity index is 895. The first-order valence-corrected chi connectivity index (χ1v) is 9.51. The monoisotopic (exact) mass is 383 g/mol. The van der Waals surface area contributed by atoms with Gasteiger partial charge in [-0.15, -0.1) is 11.3 Å². The van der Waals surface area contributed by atoms with Crippen LogP contribution in [0, 0.1) is 0 Å². The van der Waals surface area contributed by atoms with Crippen LogP contribution in [0.1, 0.15) is 45.6 Å². The van der Waals surface area contributed by atoms with Crippen molar-refractivity contribution in [1.82, 2.24) is 5.32 Å². The summed E-state index contributed by atoms with van der Waals surface area (Å²) in [6, 6.07) is 14.6. The highest BCUT2D eigenvalue weighted by atomic mass is 32.1. The summed E-state index contributed by atoms with van der Waals surface area (Å²) >= 11 is 1.33. The lowest BCUT2D eigenvalue weighted by molar-refractivity contribution is -0.123. The van der Waals surface area contributed by atoms with Crippen molar-refractivity contribution in [3.8, 4) is 5.75 Å². The van der Waals surface area contributed by atoms with Gasteiger partial charge in [0.05, 0.1) is 17.7 Å². The molecule has 1 amide bonds. The van der Waals surface area contributed by atoms with Gasteiger partial charge in [0.1, 0.15) is 5.75 Å². The summed E-state index contributed by atoms with van der Waals surface area (Å²) in [4.78, 5) is 25.6. The molecule has 0 saturated heterocycles. The van der Waals surface area contributed by atoms with E-state index in [1.54, 1.807) is 18.2 Å². The maximum Gasteiger partial charge on any atom is 0.258 e. The van der Waals surface area contributed by atoms with Crippen LogP contribution in [0.5, 0.6) is 5.75 Å². The van der Waals surface area contributed by atoms with Crippen LogP contribution in [0.3, 0.4) is 0 Å². The number of carbonyl (C=O) groups is 2. The Balaban J connectivity index is 1.46. The minimum atomic E-state index is -0.213. The van der Waals surface area contributed by atoms with Crippen molar-refractivity contribution < 1.29 is 18.7 Å². The highest BCUT2D eigenvalue weighted by Gasteiger charge is 2.14. The smallest absolute Gasteiger partial charge is 0.258 e. The number of rotatable bonds is 8. The molecule has 0 unspecified atom stereocenters. The van der Waals surface area contributed by atoms with Crippen molar-refractivity contribution in [3.05, 3.63) is 75.9 Å². The van der Waals surface area contributed by atoms with Gasteiger partial charge in [0, 0.05) is 4.88 Å². The number of nitrogens with one attached hydrogen (secondary N) is 1. The summed E-state index contributed by atoms with van der Waals surface area (Å²) in [5, 5.41) is 2.80. The van der Waals surface area contributed by atoms with Gasteiger partial charge in [-0.25, -0.2) is 0 Å². The average Bonchev–Trinajstić information content (AvgIpc) is 3.36. The zero-order valence-corrected chi connectivity index (χ0v) is 16.0. The molecular formula is C21H21NO4S. The third-order valence-electron chi connectivity index (χ3n) is 4.01. The summed E-state index contributed by atoms with van der Waals surface area (Å²) in [5.41, 5.74) is 1.23. The molecule has 2 heterocycles. The van der Waals surface area contributed by atoms with Crippen molar-refractivity contribution in [3.63, 3.8) is 0 Å². The Hall–Kier alpha value is -2.86. The summed E-state index contributed by atoms with van der Waals surface area (Å²) in [6.07, 6.45) is 1.47. The van der Waals surface area contributed by atoms with E-state index in [1.807, 2.05) is 30.3 Å². The van der Waals surface area contributed by atoms with E-state index in [1.165, 1.54) is 23.2 Å². The fourth-order valence-electron chi connectivity index (χ4n) is 2.46. The molecule has 0 radical (unpaired) electrons. The van der Waals surface area contributed by atoms with E-state index in [2.05, 4.69) is 19.2 Å². The van der Waals surface area contributed by atoms with Crippen LogP contribution < -0.4 is 10.1 Å². The Labute approximate surface area is 162 Å². The number of furan rings is 1. The Morgan fingerprint density at radius 2 is 1.89 bits per heavy atom. The second-order valence-electron chi connectivity index (χ2n) is 6.36. The molecule has 0 bridgehead atoms. The number of ketones is 1. The predicted octanol–water partition coefficient (Wildman–Crippen LogP) is 4.39. The molecule has 6 heteroatoms. The highest BCUT2D eigenvalue weighted by molar-refractivity contribution is 7.14. The average molecular weight is 383 g/mol. The number of hydrogen-bond donors (Lipinski definition) is 1. The van der Waals surface area contributed by atoms with E-state index < -0.39 is 0 Å². The lowest BCUT2D eigenvalue weighted by Crippen LogP contribution is -2.28. The van der Waals surface area contributed by atoms with Gasteiger partial charge < -0.3 is 14.5 Å². The van der Waals surface area contributed by atoms with Crippen LogP contribution >= 0.6 is 11.3 Å². The van der Waals surface area contributed by atoms with Crippen LogP contribution in [-0.4, -0.2) is 18.3 Å². The first kappa shape index (κ1) is 18.9. The fraction of sp³-hybridized carbons (Fsp3) is 0.238. The highest BCUT2D eigenvalue weighted by Crippen LogP contribution is 2.21. The van der Waals surface area contributed by atoms with E-state index in [9.17, 15) is 9.59 Å². The minimum absolute atomic E-state index is 0.0510. The summed E-state index contributed by atoms with van der Waals surface area (Å²) < 4.78 is 10.6. The molecule has 27 heavy (non-hydrogen) atoms. The molecule has 3 rings (SSSR count). The SMILES string of the molecule is CC(C)c1ccc(OCC(=O)NCc2ccc(C(=O)c3ccco3)s2)cc1. The maximum atomic E-state index is 12.2. The third kappa shape index (κ3) is 5.08. The van der Waals surface area contributed by atoms with Gasteiger partial charge in [0.15, 0.2) is 12.4 Å². The van der Waals surface area contributed by atoms with Crippen LogP contribution in [-0.2, 0) is 11.3 Å². The zero-order valence-electron chi connectivity index (χ0n) is 15.2. The second-order valence-corrected chi connectivity index (χ2v) is 7.53. The Morgan fingerprint density at radius 3 is 2.56 bits per heavy atom. The molecule has 1 N–H and O–H groups in total. The third-order valence-corrected chi connectivity index (χ3v) is 5.09. The van der Waals surface area contributed by atoms with E-state index >= 15 is 0 Å². The van der Waals surface area contributed by atoms with Crippen LogP contribution in [0.25, 0.3) is 0 Å². The van der Waals surface area contributed by atoms with Crippen LogP contribution in [0.15, 0.2) is 59.2 Å². The zero-order chi connectivity index (χ0) is 19.2. The van der Waals surface area contributed by atoms with E-state index in [4.69, 9.17) is 9.15 Å². The van der Waals surface area contributed by atoms with Crippen molar-refractivity contribution in [1.29, 1.82) is 0 Å². The standard InChI is InChI=1S/C21H21NO4S/c1-14(2)15-5-7-16(8-6-15)26-13-20(23)22-12-17-9-10-19(27-17)21(24)18-4-3-11-25-18/h3-11,14H,12-13H2,1-2H3,(H,22,23). The molecule has 0 aliphatic heterocycles. The molecule has 0 fully saturated rings. The largest absolute Gasteiger partial charge is 0.484 e. The van der Waals surface area contributed by atoms with Crippen LogP contribution in [0.4, 0.5) is 0 Å². The van der Waals surface area contributed by atoms with Gasteiger partial charge in [-0.1, -0.05) is 26.0 Å². The topological polar surface area (TPSA) is 68.5 Å². The molecule has 0 aliphatic carbocycles. The molecule has 3 aromatic rings. The maximum absolute atomic E-state index is 12.2. The molecular weight excluding hydrogens is 362 g/mol. The minimum Gasteiger partial charge on any atom is -0.484 e. The number of ether oxygens (including phenoxy) is 1. The quantitative estimate of drug-likeness (QED) is 0.586. The normalized spacial score (nSPS) is 10.8. The summed E-state index contributed by atoms with van der Waals surface area (Å²) in [6.45, 7) is 4.55. The summed E-state index contributed by atoms with van der Waals surface area (Å²) in [5.74, 6) is 1.06. The first-order valence-electron chi connectivity index (χ1n) is 8.69. The van der Waals surface area contributed by atoms with E-state index in [0.29, 0.717) is 28.8 Å². The lowest BCUT2D eigenvalue weighted by atomic mass is 10.0. The molecule has 0 saturated carbocycles. The lowest BCUT2D eigenvalue weighted by Gasteiger charge is -2.09. The predicted molar refractivity (Wildman–Crippen MR) is 104 cm³/mol. The molecule has 0 spiro atoms. The summed E-state index contributed by atoms with van der Waals surface area (Å²) in [7, 11) is 0. The fourth-order valence-corrected chi connectivity index (χ4v) is 3.35.